The second-order valence-corrected chi connectivity index (χ2v) is 8.90. The predicted octanol–water partition coefficient (Wildman–Crippen LogP) is 4.26. The number of nitrogens with zero attached hydrogens (tertiary/aromatic N) is 1. The Balaban J connectivity index is 1.53. The molecule has 0 spiro atoms. The van der Waals surface area contributed by atoms with E-state index in [1.165, 1.54) is 20.4 Å². The SMILES string of the molecule is COc1cc(NC(=O)C(=O)NC(C)(C)CCOc2ccc(NC(C)=O)cc2Cl)ccc1-c1cnco1. The molecule has 0 radical (unpaired) electrons. The molecule has 190 valence electrons. The molecule has 1 heterocycles. The van der Waals surface area contributed by atoms with E-state index in [1.807, 2.05) is 0 Å². The number of anilines is 2. The Morgan fingerprint density at radius 2 is 1.75 bits per heavy atom. The Kier molecular flexibility index (Phi) is 8.55. The van der Waals surface area contributed by atoms with Crippen LogP contribution in [0.25, 0.3) is 11.3 Å². The van der Waals surface area contributed by atoms with Crippen LogP contribution in [0.2, 0.25) is 5.02 Å². The van der Waals surface area contributed by atoms with Gasteiger partial charge in [-0.05, 0) is 44.2 Å². The molecule has 11 heteroatoms. The van der Waals surface area contributed by atoms with Crippen LogP contribution in [0.1, 0.15) is 27.2 Å². The summed E-state index contributed by atoms with van der Waals surface area (Å²) >= 11 is 6.21. The molecule has 10 nitrogen and oxygen atoms in total. The number of halogens is 1. The molecule has 0 unspecified atom stereocenters. The highest BCUT2D eigenvalue weighted by atomic mass is 35.5. The Labute approximate surface area is 213 Å². The summed E-state index contributed by atoms with van der Waals surface area (Å²) in [6.45, 7) is 5.19. The van der Waals surface area contributed by atoms with Crippen LogP contribution >= 0.6 is 11.6 Å². The zero-order valence-electron chi connectivity index (χ0n) is 20.3. The highest BCUT2D eigenvalue weighted by Crippen LogP contribution is 2.32. The van der Waals surface area contributed by atoms with Gasteiger partial charge in [0.15, 0.2) is 12.2 Å². The molecule has 2 aromatic carbocycles. The van der Waals surface area contributed by atoms with Crippen molar-refractivity contribution in [2.24, 2.45) is 0 Å². The standard InChI is InChI=1S/C25H27ClN4O6/c1-15(31)28-16-6-8-20(19(26)11-16)35-10-9-25(2,3)30-24(33)23(32)29-17-5-7-18(21(12-17)34-4)22-13-27-14-36-22/h5-8,11-14H,9-10H2,1-4H3,(H,28,31)(H,29,32)(H,30,33). The summed E-state index contributed by atoms with van der Waals surface area (Å²) in [6.07, 6.45) is 3.25. The summed E-state index contributed by atoms with van der Waals surface area (Å²) in [5.74, 6) is -0.425. The molecule has 0 fully saturated rings. The van der Waals surface area contributed by atoms with Crippen molar-refractivity contribution in [1.29, 1.82) is 0 Å². The monoisotopic (exact) mass is 514 g/mol. The lowest BCUT2D eigenvalue weighted by Crippen LogP contribution is -2.48. The zero-order chi connectivity index (χ0) is 26.3. The first kappa shape index (κ1) is 26.6. The molecule has 0 saturated heterocycles. The quantitative estimate of drug-likeness (QED) is 0.363. The van der Waals surface area contributed by atoms with Crippen LogP contribution in [-0.2, 0) is 14.4 Å². The van der Waals surface area contributed by atoms with E-state index in [0.29, 0.717) is 45.6 Å². The van der Waals surface area contributed by atoms with Crippen molar-refractivity contribution >= 4 is 40.7 Å². The Bertz CT molecular complexity index is 1240. The van der Waals surface area contributed by atoms with E-state index in [-0.39, 0.29) is 12.5 Å². The number of hydrogen-bond donors (Lipinski definition) is 3. The third-order valence-electron chi connectivity index (χ3n) is 5.05. The van der Waals surface area contributed by atoms with Gasteiger partial charge in [0.2, 0.25) is 5.91 Å². The topological polar surface area (TPSA) is 132 Å². The lowest BCUT2D eigenvalue weighted by Gasteiger charge is -2.26. The van der Waals surface area contributed by atoms with E-state index in [0.717, 1.165) is 0 Å². The maximum Gasteiger partial charge on any atom is 0.313 e. The fourth-order valence-electron chi connectivity index (χ4n) is 3.25. The molecule has 3 N–H and O–H groups in total. The normalized spacial score (nSPS) is 10.9. The fraction of sp³-hybridized carbons (Fsp3) is 0.280. The smallest absolute Gasteiger partial charge is 0.313 e. The summed E-state index contributed by atoms with van der Waals surface area (Å²) < 4.78 is 16.4. The number of amides is 3. The first-order chi connectivity index (χ1) is 17.1. The largest absolute Gasteiger partial charge is 0.496 e. The van der Waals surface area contributed by atoms with Gasteiger partial charge in [0, 0.05) is 36.3 Å². The van der Waals surface area contributed by atoms with Crippen molar-refractivity contribution < 1.29 is 28.3 Å². The van der Waals surface area contributed by atoms with Gasteiger partial charge in [0.1, 0.15) is 11.5 Å². The van der Waals surface area contributed by atoms with Crippen LogP contribution in [0.3, 0.4) is 0 Å². The second kappa shape index (κ2) is 11.6. The fourth-order valence-corrected chi connectivity index (χ4v) is 3.49. The minimum absolute atomic E-state index is 0.205. The van der Waals surface area contributed by atoms with E-state index in [4.69, 9.17) is 25.5 Å². The Morgan fingerprint density at radius 1 is 1.03 bits per heavy atom. The van der Waals surface area contributed by atoms with E-state index in [2.05, 4.69) is 20.9 Å². The van der Waals surface area contributed by atoms with Gasteiger partial charge in [-0.3, -0.25) is 14.4 Å². The summed E-state index contributed by atoms with van der Waals surface area (Å²) in [7, 11) is 1.49. The number of carbonyl (C=O) groups excluding carboxylic acids is 3. The predicted molar refractivity (Wildman–Crippen MR) is 135 cm³/mol. The minimum Gasteiger partial charge on any atom is -0.496 e. The number of carbonyl (C=O) groups is 3. The molecule has 0 aliphatic rings. The van der Waals surface area contributed by atoms with Crippen LogP contribution in [0.5, 0.6) is 11.5 Å². The molecule has 0 saturated carbocycles. The highest BCUT2D eigenvalue weighted by Gasteiger charge is 2.25. The van der Waals surface area contributed by atoms with Gasteiger partial charge in [-0.15, -0.1) is 0 Å². The summed E-state index contributed by atoms with van der Waals surface area (Å²) in [6, 6.07) is 9.82. The molecule has 0 bridgehead atoms. The Hall–Kier alpha value is -4.05. The van der Waals surface area contributed by atoms with Crippen molar-refractivity contribution in [3.05, 3.63) is 54.0 Å². The van der Waals surface area contributed by atoms with E-state index < -0.39 is 17.4 Å². The molecule has 1 aromatic heterocycles. The van der Waals surface area contributed by atoms with E-state index in [9.17, 15) is 14.4 Å². The third-order valence-corrected chi connectivity index (χ3v) is 5.35. The van der Waals surface area contributed by atoms with Crippen molar-refractivity contribution in [2.75, 3.05) is 24.4 Å². The molecular weight excluding hydrogens is 488 g/mol. The molecule has 3 amide bonds. The van der Waals surface area contributed by atoms with Gasteiger partial charge in [-0.1, -0.05) is 11.6 Å². The van der Waals surface area contributed by atoms with E-state index >= 15 is 0 Å². The highest BCUT2D eigenvalue weighted by molar-refractivity contribution is 6.39. The van der Waals surface area contributed by atoms with Gasteiger partial charge in [0.25, 0.3) is 0 Å². The summed E-state index contributed by atoms with van der Waals surface area (Å²) in [5.41, 5.74) is 0.853. The lowest BCUT2D eigenvalue weighted by molar-refractivity contribution is -0.137. The van der Waals surface area contributed by atoms with E-state index in [1.54, 1.807) is 56.4 Å². The number of nitrogens with one attached hydrogen (secondary N) is 3. The number of oxazole rings is 1. The molecule has 0 atom stereocenters. The van der Waals surface area contributed by atoms with Crippen molar-refractivity contribution in [1.82, 2.24) is 10.3 Å². The number of methoxy groups -OCH3 is 1. The number of benzene rings is 2. The first-order valence-electron chi connectivity index (χ1n) is 11.0. The maximum absolute atomic E-state index is 12.5. The Morgan fingerprint density at radius 3 is 2.39 bits per heavy atom. The van der Waals surface area contributed by atoms with Crippen LogP contribution < -0.4 is 25.4 Å². The van der Waals surface area contributed by atoms with Crippen LogP contribution in [0.15, 0.2) is 53.4 Å². The second-order valence-electron chi connectivity index (χ2n) is 8.50. The minimum atomic E-state index is -0.824. The van der Waals surface area contributed by atoms with Gasteiger partial charge in [0.05, 0.1) is 30.5 Å². The lowest BCUT2D eigenvalue weighted by atomic mass is 10.0. The van der Waals surface area contributed by atoms with Gasteiger partial charge in [-0.25, -0.2) is 4.98 Å². The molecule has 0 aliphatic heterocycles. The van der Waals surface area contributed by atoms with Gasteiger partial charge >= 0.3 is 11.8 Å². The van der Waals surface area contributed by atoms with Gasteiger partial charge in [-0.2, -0.15) is 0 Å². The third kappa shape index (κ3) is 7.22. The molecule has 0 aliphatic carbocycles. The van der Waals surface area contributed by atoms with Crippen LogP contribution in [0.4, 0.5) is 11.4 Å². The average molecular weight is 515 g/mol. The summed E-state index contributed by atoms with van der Waals surface area (Å²) in [4.78, 5) is 40.0. The van der Waals surface area contributed by atoms with Crippen molar-refractivity contribution in [3.8, 4) is 22.8 Å². The van der Waals surface area contributed by atoms with Gasteiger partial charge < -0.3 is 29.8 Å². The molecule has 3 rings (SSSR count). The number of rotatable bonds is 9. The maximum atomic E-state index is 12.5. The number of aromatic nitrogens is 1. The van der Waals surface area contributed by atoms with Crippen LogP contribution in [0, 0.1) is 0 Å². The first-order valence-corrected chi connectivity index (χ1v) is 11.4. The van der Waals surface area contributed by atoms with Crippen molar-refractivity contribution in [2.45, 2.75) is 32.7 Å². The average Bonchev–Trinajstić information content (AvgIpc) is 3.34. The molecular formula is C25H27ClN4O6. The summed E-state index contributed by atoms with van der Waals surface area (Å²) in [5, 5.41) is 8.25. The number of ether oxygens (including phenoxy) is 2. The molecule has 36 heavy (non-hydrogen) atoms. The molecule has 3 aromatic rings. The van der Waals surface area contributed by atoms with Crippen LogP contribution in [-0.4, -0.2) is 42.0 Å². The van der Waals surface area contributed by atoms with Crippen molar-refractivity contribution in [3.63, 3.8) is 0 Å². The zero-order valence-corrected chi connectivity index (χ0v) is 21.1. The number of hydrogen-bond acceptors (Lipinski definition) is 7.